The number of hydrogen-bond donors (Lipinski definition) is 3. The molecule has 0 bridgehead atoms. The number of rotatable bonds is 4. The number of anilines is 1. The molecule has 2 rings (SSSR count). The molecular weight excluding hydrogens is 250 g/mol. The van der Waals surface area contributed by atoms with E-state index in [0.29, 0.717) is 0 Å². The number of ether oxygens (including phenoxy) is 1. The van der Waals surface area contributed by atoms with Gasteiger partial charge < -0.3 is 20.7 Å². The van der Waals surface area contributed by atoms with Gasteiger partial charge in [-0.2, -0.15) is 4.98 Å². The first-order valence-electron chi connectivity index (χ1n) is 5.95. The van der Waals surface area contributed by atoms with Crippen LogP contribution in [0.5, 0.6) is 0 Å². The maximum Gasteiger partial charge on any atom is 0.351 e. The maximum absolute atomic E-state index is 11.7. The normalized spacial score (nSPS) is 30.4. The Morgan fingerprint density at radius 2 is 2.47 bits per heavy atom. The second kappa shape index (κ2) is 5.12. The van der Waals surface area contributed by atoms with Crippen LogP contribution in [0.1, 0.15) is 19.1 Å². The monoisotopic (exact) mass is 267 g/mol. The fourth-order valence-electron chi connectivity index (χ4n) is 2.25. The predicted molar refractivity (Wildman–Crippen MR) is 68.3 cm³/mol. The van der Waals surface area contributed by atoms with Gasteiger partial charge in [-0.15, -0.1) is 6.58 Å². The van der Waals surface area contributed by atoms with Gasteiger partial charge in [0.1, 0.15) is 17.6 Å². The summed E-state index contributed by atoms with van der Waals surface area (Å²) in [6.07, 6.45) is 1.95. The Labute approximate surface area is 110 Å². The van der Waals surface area contributed by atoms with Gasteiger partial charge in [-0.05, 0) is 12.5 Å². The summed E-state index contributed by atoms with van der Waals surface area (Å²) in [6.45, 7) is 3.23. The van der Waals surface area contributed by atoms with Crippen LogP contribution in [-0.2, 0) is 4.74 Å². The van der Waals surface area contributed by atoms with Crippen molar-refractivity contribution in [1.82, 2.24) is 9.55 Å². The van der Waals surface area contributed by atoms with Crippen LogP contribution in [0.4, 0.5) is 5.82 Å². The number of nitrogen functional groups attached to an aromatic ring is 1. The summed E-state index contributed by atoms with van der Waals surface area (Å²) in [7, 11) is 0. The first-order valence-corrected chi connectivity index (χ1v) is 5.95. The Balaban J connectivity index is 2.29. The summed E-state index contributed by atoms with van der Waals surface area (Å²) in [5.41, 5.74) is 3.74. The van der Waals surface area contributed by atoms with Crippen molar-refractivity contribution in [2.45, 2.75) is 30.8 Å². The summed E-state index contributed by atoms with van der Waals surface area (Å²) in [4.78, 5) is 15.3. The first-order chi connectivity index (χ1) is 9.02. The van der Waals surface area contributed by atoms with Crippen molar-refractivity contribution < 1.29 is 14.9 Å². The minimum Gasteiger partial charge on any atom is -0.393 e. The van der Waals surface area contributed by atoms with Crippen molar-refractivity contribution >= 4 is 5.82 Å². The molecule has 1 aliphatic heterocycles. The second-order valence-electron chi connectivity index (χ2n) is 4.58. The highest BCUT2D eigenvalue weighted by molar-refractivity contribution is 5.23. The fraction of sp³-hybridized carbons (Fsp3) is 0.500. The number of nitrogens with zero attached hydrogens (tertiary/aromatic N) is 2. The average Bonchev–Trinajstić information content (AvgIpc) is 2.67. The highest BCUT2D eigenvalue weighted by atomic mass is 16.6. The molecule has 4 N–H and O–H groups in total. The molecule has 7 nitrogen and oxygen atoms in total. The zero-order valence-corrected chi connectivity index (χ0v) is 10.4. The van der Waals surface area contributed by atoms with Gasteiger partial charge in [0.25, 0.3) is 0 Å². The number of aliphatic hydroxyl groups is 2. The quantitative estimate of drug-likeness (QED) is 0.629. The average molecular weight is 267 g/mol. The Morgan fingerprint density at radius 3 is 3.05 bits per heavy atom. The lowest BCUT2D eigenvalue weighted by Gasteiger charge is -2.28. The summed E-state index contributed by atoms with van der Waals surface area (Å²) in [5, 5.41) is 19.5. The van der Waals surface area contributed by atoms with Crippen molar-refractivity contribution in [2.75, 3.05) is 12.3 Å². The van der Waals surface area contributed by atoms with E-state index in [2.05, 4.69) is 11.6 Å². The SMILES string of the molecule is C=CCC1(CO)O[C@@H](n2ccc(N)nc2=O)C[C@@H]1O. The molecule has 1 fully saturated rings. The first kappa shape index (κ1) is 13.7. The summed E-state index contributed by atoms with van der Waals surface area (Å²) >= 11 is 0. The van der Waals surface area contributed by atoms with Gasteiger partial charge in [0.05, 0.1) is 12.7 Å². The molecule has 1 aromatic heterocycles. The molecule has 104 valence electrons. The summed E-state index contributed by atoms with van der Waals surface area (Å²) < 4.78 is 6.92. The fourth-order valence-corrected chi connectivity index (χ4v) is 2.25. The number of hydrogen-bond acceptors (Lipinski definition) is 6. The Kier molecular flexibility index (Phi) is 3.70. The van der Waals surface area contributed by atoms with E-state index in [4.69, 9.17) is 10.5 Å². The minimum atomic E-state index is -1.12. The molecule has 0 amide bonds. The van der Waals surface area contributed by atoms with Gasteiger partial charge in [-0.1, -0.05) is 6.08 Å². The third kappa shape index (κ3) is 2.40. The van der Waals surface area contributed by atoms with Gasteiger partial charge in [0.2, 0.25) is 0 Å². The van der Waals surface area contributed by atoms with Crippen molar-refractivity contribution in [3.05, 3.63) is 35.4 Å². The highest BCUT2D eigenvalue weighted by Crippen LogP contribution is 2.38. The molecular formula is C12H17N3O4. The third-order valence-corrected chi connectivity index (χ3v) is 3.32. The molecule has 1 aliphatic rings. The van der Waals surface area contributed by atoms with E-state index in [0.717, 1.165) is 0 Å². The van der Waals surface area contributed by atoms with E-state index < -0.39 is 23.6 Å². The van der Waals surface area contributed by atoms with Crippen molar-refractivity contribution in [2.24, 2.45) is 0 Å². The topological polar surface area (TPSA) is 111 Å². The summed E-state index contributed by atoms with van der Waals surface area (Å²) in [5.74, 6) is 0.124. The Hall–Kier alpha value is -1.70. The van der Waals surface area contributed by atoms with Crippen LogP contribution in [-0.4, -0.2) is 38.1 Å². The van der Waals surface area contributed by atoms with Gasteiger partial charge >= 0.3 is 5.69 Å². The van der Waals surface area contributed by atoms with E-state index in [1.165, 1.54) is 16.8 Å². The van der Waals surface area contributed by atoms with Crippen LogP contribution >= 0.6 is 0 Å². The lowest BCUT2D eigenvalue weighted by molar-refractivity contribution is -0.126. The van der Waals surface area contributed by atoms with E-state index in [1.54, 1.807) is 6.08 Å². The molecule has 3 atom stereocenters. The molecule has 1 saturated heterocycles. The molecule has 0 saturated carbocycles. The second-order valence-corrected chi connectivity index (χ2v) is 4.58. The smallest absolute Gasteiger partial charge is 0.351 e. The minimum absolute atomic E-state index is 0.124. The Morgan fingerprint density at radius 1 is 1.74 bits per heavy atom. The van der Waals surface area contributed by atoms with E-state index in [9.17, 15) is 15.0 Å². The Bertz CT molecular complexity index is 530. The lowest BCUT2D eigenvalue weighted by Crippen LogP contribution is -2.42. The van der Waals surface area contributed by atoms with Crippen LogP contribution in [0.2, 0.25) is 0 Å². The standard InChI is InChI=1S/C12H17N3O4/c1-2-4-12(7-16)8(17)6-10(19-12)15-5-3-9(13)14-11(15)18/h2-3,5,8,10,16-17H,1,4,6-7H2,(H2,13,14,18)/t8-,10+,12?/m0/s1. The zero-order chi connectivity index (χ0) is 14.0. The van der Waals surface area contributed by atoms with Gasteiger partial charge in [0.15, 0.2) is 0 Å². The van der Waals surface area contributed by atoms with Crippen LogP contribution in [0.15, 0.2) is 29.7 Å². The van der Waals surface area contributed by atoms with Crippen molar-refractivity contribution in [1.29, 1.82) is 0 Å². The van der Waals surface area contributed by atoms with Gasteiger partial charge in [-0.3, -0.25) is 4.57 Å². The zero-order valence-electron chi connectivity index (χ0n) is 10.4. The molecule has 0 spiro atoms. The molecule has 2 heterocycles. The molecule has 7 heteroatoms. The van der Waals surface area contributed by atoms with Crippen LogP contribution < -0.4 is 11.4 Å². The maximum atomic E-state index is 11.7. The van der Waals surface area contributed by atoms with Crippen molar-refractivity contribution in [3.63, 3.8) is 0 Å². The van der Waals surface area contributed by atoms with Crippen LogP contribution in [0, 0.1) is 0 Å². The molecule has 1 unspecified atom stereocenters. The van der Waals surface area contributed by atoms with Crippen molar-refractivity contribution in [3.8, 4) is 0 Å². The molecule has 0 radical (unpaired) electrons. The molecule has 19 heavy (non-hydrogen) atoms. The summed E-state index contributed by atoms with van der Waals surface area (Å²) in [6, 6.07) is 1.48. The number of aliphatic hydroxyl groups excluding tert-OH is 2. The molecule has 0 aliphatic carbocycles. The number of aromatic nitrogens is 2. The van der Waals surface area contributed by atoms with E-state index in [-0.39, 0.29) is 25.3 Å². The van der Waals surface area contributed by atoms with Gasteiger partial charge in [-0.25, -0.2) is 4.79 Å². The third-order valence-electron chi connectivity index (χ3n) is 3.32. The predicted octanol–water partition coefficient (Wildman–Crippen LogP) is -0.588. The molecule has 1 aromatic rings. The van der Waals surface area contributed by atoms with E-state index >= 15 is 0 Å². The van der Waals surface area contributed by atoms with Crippen LogP contribution in [0.25, 0.3) is 0 Å². The molecule has 0 aromatic carbocycles. The number of nitrogens with two attached hydrogens (primary N) is 1. The highest BCUT2D eigenvalue weighted by Gasteiger charge is 2.47. The largest absolute Gasteiger partial charge is 0.393 e. The van der Waals surface area contributed by atoms with E-state index in [1.807, 2.05) is 0 Å². The van der Waals surface area contributed by atoms with Gasteiger partial charge in [0, 0.05) is 12.6 Å². The van der Waals surface area contributed by atoms with Crippen LogP contribution in [0.3, 0.4) is 0 Å². The lowest BCUT2D eigenvalue weighted by atomic mass is 9.94.